The number of nitrogens with one attached hydrogen (secondary N) is 1. The molecule has 5 heterocycles. The number of hydrogen-bond donors (Lipinski definition) is 2. The van der Waals surface area contributed by atoms with E-state index in [9.17, 15) is 0 Å². The standard InChI is InChI=1S/C25H36N8O/c1-4-16(3)32-9-6-19(7-10-32)33-14-17(12-28-33)20-13-27-24(26)23-22(20)31-25(21(5-2)30-23)29-18-8-11-34-15-18/h12-14,16,18-19H,4-11,15H2,1-3H3,(H2,26,27)(H,29,31)/t16?,18-/m0/s1. The van der Waals surface area contributed by atoms with Crippen LogP contribution in [-0.4, -0.2) is 68.0 Å². The molecule has 0 aliphatic carbocycles. The number of anilines is 2. The van der Waals surface area contributed by atoms with Gasteiger partial charge in [0.05, 0.1) is 30.6 Å². The number of nitrogens with zero attached hydrogens (tertiary/aromatic N) is 6. The van der Waals surface area contributed by atoms with Crippen molar-refractivity contribution in [3.63, 3.8) is 0 Å². The molecular weight excluding hydrogens is 428 g/mol. The van der Waals surface area contributed by atoms with Gasteiger partial charge in [0.15, 0.2) is 5.82 Å². The first kappa shape index (κ1) is 23.0. The highest BCUT2D eigenvalue weighted by Crippen LogP contribution is 2.32. The Kier molecular flexibility index (Phi) is 6.65. The predicted octanol–water partition coefficient (Wildman–Crippen LogP) is 3.67. The quantitative estimate of drug-likeness (QED) is 0.545. The Morgan fingerprint density at radius 1 is 1.15 bits per heavy atom. The highest BCUT2D eigenvalue weighted by molar-refractivity contribution is 5.96. The van der Waals surface area contributed by atoms with Crippen molar-refractivity contribution in [2.45, 2.75) is 71.0 Å². The summed E-state index contributed by atoms with van der Waals surface area (Å²) in [5, 5.41) is 8.27. The second-order valence-corrected chi connectivity index (χ2v) is 9.57. The third-order valence-corrected chi connectivity index (χ3v) is 7.40. The maximum absolute atomic E-state index is 6.23. The molecular formula is C25H36N8O. The van der Waals surface area contributed by atoms with Crippen LogP contribution in [0.1, 0.15) is 58.2 Å². The number of piperidine rings is 1. The molecule has 2 saturated heterocycles. The first-order valence-electron chi connectivity index (χ1n) is 12.6. The van der Waals surface area contributed by atoms with E-state index in [-0.39, 0.29) is 6.04 Å². The minimum Gasteiger partial charge on any atom is -0.382 e. The average molecular weight is 465 g/mol. The number of aryl methyl sites for hydroxylation is 1. The van der Waals surface area contributed by atoms with Crippen LogP contribution in [0.15, 0.2) is 18.6 Å². The van der Waals surface area contributed by atoms with Crippen molar-refractivity contribution in [2.75, 3.05) is 37.4 Å². The van der Waals surface area contributed by atoms with E-state index in [4.69, 9.17) is 25.5 Å². The molecule has 3 aromatic heterocycles. The summed E-state index contributed by atoms with van der Waals surface area (Å²) in [5.41, 5.74) is 10.4. The lowest BCUT2D eigenvalue weighted by Crippen LogP contribution is -2.40. The van der Waals surface area contributed by atoms with Gasteiger partial charge < -0.3 is 20.7 Å². The van der Waals surface area contributed by atoms with Gasteiger partial charge in [-0.2, -0.15) is 5.10 Å². The summed E-state index contributed by atoms with van der Waals surface area (Å²) in [5.74, 6) is 1.21. The smallest absolute Gasteiger partial charge is 0.151 e. The van der Waals surface area contributed by atoms with Gasteiger partial charge in [-0.1, -0.05) is 13.8 Å². The fourth-order valence-corrected chi connectivity index (χ4v) is 5.03. The van der Waals surface area contributed by atoms with Crippen molar-refractivity contribution in [2.24, 2.45) is 0 Å². The molecule has 0 radical (unpaired) electrons. The SMILES string of the molecule is CCc1nc2c(N)ncc(-c3cnn(C4CCN(C(C)CC)CC4)c3)c2nc1N[C@H]1CCOC1. The van der Waals surface area contributed by atoms with Crippen LogP contribution in [-0.2, 0) is 11.2 Å². The van der Waals surface area contributed by atoms with Crippen LogP contribution in [0.3, 0.4) is 0 Å². The minimum atomic E-state index is 0.253. The Morgan fingerprint density at radius 3 is 2.68 bits per heavy atom. The molecule has 0 bridgehead atoms. The number of nitrogen functional groups attached to an aromatic ring is 1. The first-order chi connectivity index (χ1) is 16.6. The van der Waals surface area contributed by atoms with Crippen molar-refractivity contribution < 1.29 is 4.74 Å². The molecule has 2 fully saturated rings. The zero-order valence-electron chi connectivity index (χ0n) is 20.5. The number of fused-ring (bicyclic) bond motifs is 1. The molecule has 5 rings (SSSR count). The fraction of sp³-hybridized carbons (Fsp3) is 0.600. The summed E-state index contributed by atoms with van der Waals surface area (Å²) in [6, 6.07) is 1.31. The molecule has 2 atom stereocenters. The largest absolute Gasteiger partial charge is 0.382 e. The number of pyridine rings is 1. The van der Waals surface area contributed by atoms with Crippen molar-refractivity contribution in [1.29, 1.82) is 0 Å². The maximum Gasteiger partial charge on any atom is 0.151 e. The Balaban J connectivity index is 1.44. The van der Waals surface area contributed by atoms with Crippen LogP contribution in [0.25, 0.3) is 22.2 Å². The molecule has 2 aliphatic rings. The van der Waals surface area contributed by atoms with Gasteiger partial charge in [0.1, 0.15) is 16.9 Å². The van der Waals surface area contributed by atoms with Gasteiger partial charge in [0, 0.05) is 49.3 Å². The molecule has 0 amide bonds. The van der Waals surface area contributed by atoms with Crippen LogP contribution < -0.4 is 11.1 Å². The van der Waals surface area contributed by atoms with Gasteiger partial charge in [-0.3, -0.25) is 4.68 Å². The third-order valence-electron chi connectivity index (χ3n) is 7.40. The Morgan fingerprint density at radius 2 is 1.97 bits per heavy atom. The van der Waals surface area contributed by atoms with E-state index in [1.54, 1.807) is 6.20 Å². The molecule has 2 aliphatic heterocycles. The topological polar surface area (TPSA) is 107 Å². The van der Waals surface area contributed by atoms with Crippen molar-refractivity contribution in [1.82, 2.24) is 29.6 Å². The molecule has 0 aromatic carbocycles. The lowest BCUT2D eigenvalue weighted by Gasteiger charge is -2.35. The van der Waals surface area contributed by atoms with E-state index in [0.717, 1.165) is 73.5 Å². The van der Waals surface area contributed by atoms with Crippen molar-refractivity contribution >= 4 is 22.7 Å². The number of ether oxygens (including phenoxy) is 1. The second-order valence-electron chi connectivity index (χ2n) is 9.57. The van der Waals surface area contributed by atoms with E-state index < -0.39 is 0 Å². The number of likely N-dealkylation sites (tertiary alicyclic amines) is 1. The van der Waals surface area contributed by atoms with Gasteiger partial charge in [-0.05, 0) is 39.0 Å². The van der Waals surface area contributed by atoms with Gasteiger partial charge >= 0.3 is 0 Å². The normalized spacial score (nSPS) is 20.7. The zero-order valence-corrected chi connectivity index (χ0v) is 20.5. The summed E-state index contributed by atoms with van der Waals surface area (Å²) in [6.07, 6.45) is 11.0. The summed E-state index contributed by atoms with van der Waals surface area (Å²) < 4.78 is 7.65. The molecule has 0 saturated carbocycles. The van der Waals surface area contributed by atoms with Gasteiger partial charge in [0.2, 0.25) is 0 Å². The summed E-state index contributed by atoms with van der Waals surface area (Å²) in [6.45, 7) is 10.4. The molecule has 3 aromatic rings. The Bertz CT molecular complexity index is 1130. The van der Waals surface area contributed by atoms with E-state index in [2.05, 4.69) is 46.9 Å². The van der Waals surface area contributed by atoms with Crippen LogP contribution in [0.2, 0.25) is 0 Å². The molecule has 9 heteroatoms. The van der Waals surface area contributed by atoms with E-state index in [1.165, 1.54) is 6.42 Å². The first-order valence-corrected chi connectivity index (χ1v) is 12.6. The van der Waals surface area contributed by atoms with Crippen LogP contribution in [0.4, 0.5) is 11.6 Å². The highest BCUT2D eigenvalue weighted by atomic mass is 16.5. The van der Waals surface area contributed by atoms with Gasteiger partial charge in [0.25, 0.3) is 0 Å². The highest BCUT2D eigenvalue weighted by Gasteiger charge is 2.25. The minimum absolute atomic E-state index is 0.253. The number of hydrogen-bond acceptors (Lipinski definition) is 8. The Labute approximate surface area is 201 Å². The zero-order chi connectivity index (χ0) is 23.7. The Hall–Kier alpha value is -2.78. The molecule has 0 spiro atoms. The van der Waals surface area contributed by atoms with E-state index in [0.29, 0.717) is 30.0 Å². The predicted molar refractivity (Wildman–Crippen MR) is 135 cm³/mol. The lowest BCUT2D eigenvalue weighted by atomic mass is 10.0. The number of rotatable bonds is 7. The number of aromatic nitrogens is 5. The van der Waals surface area contributed by atoms with Gasteiger partial charge in [-0.15, -0.1) is 0 Å². The average Bonchev–Trinajstić information content (AvgIpc) is 3.56. The third kappa shape index (κ3) is 4.46. The second kappa shape index (κ2) is 9.84. The maximum atomic E-state index is 6.23. The molecule has 3 N–H and O–H groups in total. The van der Waals surface area contributed by atoms with Crippen LogP contribution in [0.5, 0.6) is 0 Å². The van der Waals surface area contributed by atoms with Gasteiger partial charge in [-0.25, -0.2) is 15.0 Å². The lowest BCUT2D eigenvalue weighted by molar-refractivity contribution is 0.136. The van der Waals surface area contributed by atoms with Crippen molar-refractivity contribution in [3.05, 3.63) is 24.3 Å². The summed E-state index contributed by atoms with van der Waals surface area (Å²) in [4.78, 5) is 16.9. The van der Waals surface area contributed by atoms with Crippen LogP contribution >= 0.6 is 0 Å². The molecule has 182 valence electrons. The summed E-state index contributed by atoms with van der Waals surface area (Å²) in [7, 11) is 0. The summed E-state index contributed by atoms with van der Waals surface area (Å²) >= 11 is 0. The van der Waals surface area contributed by atoms with Crippen molar-refractivity contribution in [3.8, 4) is 11.1 Å². The fourth-order valence-electron chi connectivity index (χ4n) is 5.03. The monoisotopic (exact) mass is 464 g/mol. The van der Waals surface area contributed by atoms with E-state index in [1.807, 2.05) is 6.20 Å². The molecule has 34 heavy (non-hydrogen) atoms. The molecule has 1 unspecified atom stereocenters. The molecule has 9 nitrogen and oxygen atoms in total. The van der Waals surface area contributed by atoms with Crippen LogP contribution in [0, 0.1) is 0 Å². The van der Waals surface area contributed by atoms with E-state index >= 15 is 0 Å². The number of nitrogens with two attached hydrogens (primary N) is 1.